The fraction of sp³-hybridized carbons (Fsp3) is 0.667. The summed E-state index contributed by atoms with van der Waals surface area (Å²) >= 11 is 0. The molecule has 0 saturated heterocycles. The first kappa shape index (κ1) is 23.1. The summed E-state index contributed by atoms with van der Waals surface area (Å²) in [6.45, 7) is 11.8. The minimum atomic E-state index is 0.573. The average molecular weight is 379 g/mol. The molecule has 0 spiro atoms. The van der Waals surface area contributed by atoms with Gasteiger partial charge >= 0.3 is 0 Å². The molecular formula is C21H38N4O2. The molecule has 0 aliphatic rings. The fourth-order valence-corrected chi connectivity index (χ4v) is 3.16. The van der Waals surface area contributed by atoms with Gasteiger partial charge < -0.3 is 20.1 Å². The molecule has 1 aromatic rings. The topological polar surface area (TPSA) is 58.1 Å². The van der Waals surface area contributed by atoms with Crippen LogP contribution in [0.3, 0.4) is 0 Å². The molecule has 0 aromatic heterocycles. The van der Waals surface area contributed by atoms with Crippen molar-refractivity contribution in [2.45, 2.75) is 52.6 Å². The summed E-state index contributed by atoms with van der Waals surface area (Å²) in [6, 6.07) is 7.17. The molecule has 0 aliphatic heterocycles. The lowest BCUT2D eigenvalue weighted by Gasteiger charge is -2.30. The number of hydrogen-bond donors (Lipinski definition) is 2. The second-order valence-corrected chi connectivity index (χ2v) is 7.14. The van der Waals surface area contributed by atoms with Gasteiger partial charge in [-0.1, -0.05) is 6.07 Å². The molecule has 6 nitrogen and oxygen atoms in total. The molecule has 0 atom stereocenters. The Kier molecular flexibility index (Phi) is 10.6. The first-order valence-electron chi connectivity index (χ1n) is 9.84. The molecule has 154 valence electrons. The van der Waals surface area contributed by atoms with E-state index < -0.39 is 0 Å². The van der Waals surface area contributed by atoms with Crippen LogP contribution in [0, 0.1) is 0 Å². The molecule has 0 heterocycles. The van der Waals surface area contributed by atoms with E-state index in [1.807, 2.05) is 12.1 Å². The van der Waals surface area contributed by atoms with E-state index in [1.54, 1.807) is 21.3 Å². The molecule has 1 aromatic carbocycles. The van der Waals surface area contributed by atoms with Gasteiger partial charge in [0.1, 0.15) is 0 Å². The van der Waals surface area contributed by atoms with Gasteiger partial charge in [-0.15, -0.1) is 0 Å². The summed E-state index contributed by atoms with van der Waals surface area (Å²) in [5, 5.41) is 6.77. The van der Waals surface area contributed by atoms with E-state index in [4.69, 9.17) is 9.47 Å². The van der Waals surface area contributed by atoms with Crippen LogP contribution >= 0.6 is 0 Å². The van der Waals surface area contributed by atoms with E-state index in [9.17, 15) is 0 Å². The molecule has 1 rings (SSSR count). The van der Waals surface area contributed by atoms with Crippen LogP contribution in [0.5, 0.6) is 11.5 Å². The number of guanidine groups is 1. The van der Waals surface area contributed by atoms with Gasteiger partial charge in [0.25, 0.3) is 0 Å². The standard InChI is InChI=1S/C21H38N4O2/c1-16(2)25(17(3)4)14-8-12-23-21(22-5)24-13-11-18-9-10-19(26-6)20(15-18)27-7/h9-10,15-17H,8,11-14H2,1-7H3,(H2,22,23,24). The Hall–Kier alpha value is -1.95. The molecule has 0 amide bonds. The monoisotopic (exact) mass is 378 g/mol. The highest BCUT2D eigenvalue weighted by Crippen LogP contribution is 2.27. The van der Waals surface area contributed by atoms with E-state index in [-0.39, 0.29) is 0 Å². The van der Waals surface area contributed by atoms with Gasteiger partial charge in [0.05, 0.1) is 14.2 Å². The number of ether oxygens (including phenoxy) is 2. The maximum absolute atomic E-state index is 5.36. The Bertz CT molecular complexity index is 565. The molecule has 2 N–H and O–H groups in total. The van der Waals surface area contributed by atoms with Crippen molar-refractivity contribution in [3.63, 3.8) is 0 Å². The van der Waals surface area contributed by atoms with Crippen molar-refractivity contribution in [3.8, 4) is 11.5 Å². The van der Waals surface area contributed by atoms with Crippen molar-refractivity contribution in [1.82, 2.24) is 15.5 Å². The van der Waals surface area contributed by atoms with Gasteiger partial charge in [-0.3, -0.25) is 9.89 Å². The fourth-order valence-electron chi connectivity index (χ4n) is 3.16. The third-order valence-corrected chi connectivity index (χ3v) is 4.59. The maximum atomic E-state index is 5.36. The lowest BCUT2D eigenvalue weighted by molar-refractivity contribution is 0.173. The van der Waals surface area contributed by atoms with Crippen LogP contribution in [0.4, 0.5) is 0 Å². The van der Waals surface area contributed by atoms with E-state index in [1.165, 1.54) is 5.56 Å². The van der Waals surface area contributed by atoms with Crippen molar-refractivity contribution in [3.05, 3.63) is 23.8 Å². The third kappa shape index (κ3) is 8.08. The van der Waals surface area contributed by atoms with E-state index >= 15 is 0 Å². The van der Waals surface area contributed by atoms with E-state index in [2.05, 4.69) is 54.3 Å². The van der Waals surface area contributed by atoms with Crippen LogP contribution in [0.25, 0.3) is 0 Å². The highest BCUT2D eigenvalue weighted by atomic mass is 16.5. The lowest BCUT2D eigenvalue weighted by Crippen LogP contribution is -2.41. The minimum Gasteiger partial charge on any atom is -0.493 e. The number of benzene rings is 1. The molecule has 0 aliphatic carbocycles. The number of rotatable bonds is 11. The molecule has 0 unspecified atom stereocenters. The second-order valence-electron chi connectivity index (χ2n) is 7.14. The van der Waals surface area contributed by atoms with Crippen LogP contribution in [0.15, 0.2) is 23.2 Å². The van der Waals surface area contributed by atoms with Gasteiger partial charge in [0.2, 0.25) is 0 Å². The predicted molar refractivity (Wildman–Crippen MR) is 114 cm³/mol. The number of nitrogens with zero attached hydrogens (tertiary/aromatic N) is 2. The SMILES string of the molecule is CN=C(NCCCN(C(C)C)C(C)C)NCCc1ccc(OC)c(OC)c1. The smallest absolute Gasteiger partial charge is 0.190 e. The average Bonchev–Trinajstić information content (AvgIpc) is 2.65. The highest BCUT2D eigenvalue weighted by Gasteiger charge is 2.12. The van der Waals surface area contributed by atoms with Gasteiger partial charge in [-0.2, -0.15) is 0 Å². The number of methoxy groups -OCH3 is 2. The summed E-state index contributed by atoms with van der Waals surface area (Å²) in [5.41, 5.74) is 1.19. The molecule has 0 saturated carbocycles. The van der Waals surface area contributed by atoms with Crippen molar-refractivity contribution in [1.29, 1.82) is 0 Å². The zero-order valence-corrected chi connectivity index (χ0v) is 18.1. The molecule has 0 bridgehead atoms. The Balaban J connectivity index is 2.36. The van der Waals surface area contributed by atoms with Crippen LogP contribution in [0.1, 0.15) is 39.7 Å². The van der Waals surface area contributed by atoms with E-state index in [0.29, 0.717) is 12.1 Å². The molecule has 0 radical (unpaired) electrons. The van der Waals surface area contributed by atoms with Gasteiger partial charge in [0.15, 0.2) is 17.5 Å². The molecular weight excluding hydrogens is 340 g/mol. The van der Waals surface area contributed by atoms with Crippen LogP contribution in [-0.2, 0) is 6.42 Å². The number of hydrogen-bond acceptors (Lipinski definition) is 4. The first-order chi connectivity index (χ1) is 12.9. The normalized spacial score (nSPS) is 12.0. The van der Waals surface area contributed by atoms with Crippen LogP contribution < -0.4 is 20.1 Å². The van der Waals surface area contributed by atoms with Crippen molar-refractivity contribution in [2.24, 2.45) is 4.99 Å². The number of nitrogens with one attached hydrogen (secondary N) is 2. The van der Waals surface area contributed by atoms with Crippen molar-refractivity contribution in [2.75, 3.05) is 40.9 Å². The summed E-state index contributed by atoms with van der Waals surface area (Å²) in [6.07, 6.45) is 1.97. The summed E-state index contributed by atoms with van der Waals surface area (Å²) in [4.78, 5) is 6.81. The largest absolute Gasteiger partial charge is 0.493 e. The summed E-state index contributed by atoms with van der Waals surface area (Å²) < 4.78 is 10.6. The van der Waals surface area contributed by atoms with Crippen molar-refractivity contribution >= 4 is 5.96 Å². The highest BCUT2D eigenvalue weighted by molar-refractivity contribution is 5.79. The Morgan fingerprint density at radius 2 is 1.63 bits per heavy atom. The zero-order chi connectivity index (χ0) is 20.2. The Morgan fingerprint density at radius 3 is 2.19 bits per heavy atom. The Labute approximate surface area is 165 Å². The third-order valence-electron chi connectivity index (χ3n) is 4.59. The summed E-state index contributed by atoms with van der Waals surface area (Å²) in [7, 11) is 5.11. The first-order valence-corrected chi connectivity index (χ1v) is 9.84. The van der Waals surface area contributed by atoms with Gasteiger partial charge in [0, 0.05) is 38.8 Å². The Morgan fingerprint density at radius 1 is 1.00 bits per heavy atom. The van der Waals surface area contributed by atoms with E-state index in [0.717, 1.165) is 49.9 Å². The number of aliphatic imine (C=N–C) groups is 1. The zero-order valence-electron chi connectivity index (χ0n) is 18.1. The maximum Gasteiger partial charge on any atom is 0.190 e. The molecule has 27 heavy (non-hydrogen) atoms. The lowest BCUT2D eigenvalue weighted by atomic mass is 10.1. The summed E-state index contributed by atoms with van der Waals surface area (Å²) in [5.74, 6) is 2.36. The molecule has 6 heteroatoms. The quantitative estimate of drug-likeness (QED) is 0.352. The second kappa shape index (κ2) is 12.4. The minimum absolute atomic E-state index is 0.573. The van der Waals surface area contributed by atoms with Gasteiger partial charge in [-0.25, -0.2) is 0 Å². The van der Waals surface area contributed by atoms with Crippen LogP contribution in [-0.4, -0.2) is 63.8 Å². The van der Waals surface area contributed by atoms with Gasteiger partial charge in [-0.05, 0) is 58.2 Å². The molecule has 0 fully saturated rings. The van der Waals surface area contributed by atoms with Crippen LogP contribution in [0.2, 0.25) is 0 Å². The van der Waals surface area contributed by atoms with Crippen molar-refractivity contribution < 1.29 is 9.47 Å². The predicted octanol–water partition coefficient (Wildman–Crippen LogP) is 2.92.